The molecule has 1 aromatic heterocycles. The van der Waals surface area contributed by atoms with Crippen molar-refractivity contribution in [2.24, 2.45) is 0 Å². The summed E-state index contributed by atoms with van der Waals surface area (Å²) >= 11 is 0. The Kier molecular flexibility index (Phi) is 5.20. The summed E-state index contributed by atoms with van der Waals surface area (Å²) in [7, 11) is 0. The van der Waals surface area contributed by atoms with E-state index < -0.39 is 11.6 Å². The number of benzene rings is 1. The number of hydrogen-bond acceptors (Lipinski definition) is 3. The van der Waals surface area contributed by atoms with Crippen molar-refractivity contribution < 1.29 is 8.78 Å². The van der Waals surface area contributed by atoms with Crippen LogP contribution in [0.4, 0.5) is 14.6 Å². The fourth-order valence-electron chi connectivity index (χ4n) is 2.21. The van der Waals surface area contributed by atoms with Gasteiger partial charge in [0.25, 0.3) is 0 Å². The molecule has 0 atom stereocenters. The molecule has 0 aliphatic rings. The van der Waals surface area contributed by atoms with E-state index in [1.54, 1.807) is 0 Å². The van der Waals surface area contributed by atoms with E-state index in [0.717, 1.165) is 37.1 Å². The zero-order valence-corrected chi connectivity index (χ0v) is 12.3. The minimum atomic E-state index is -0.478. The van der Waals surface area contributed by atoms with Gasteiger partial charge in [0.1, 0.15) is 23.8 Å². The average Bonchev–Trinajstić information content (AvgIpc) is 2.49. The number of aromatic nitrogens is 2. The highest BCUT2D eigenvalue weighted by molar-refractivity contribution is 5.68. The molecule has 0 aliphatic heterocycles. The van der Waals surface area contributed by atoms with Crippen LogP contribution in [-0.2, 0) is 6.42 Å². The Balaban J connectivity index is 2.53. The fraction of sp³-hybridized carbons (Fsp3) is 0.375. The molecular formula is C16H19F2N3. The van der Waals surface area contributed by atoms with E-state index in [0.29, 0.717) is 17.9 Å². The summed E-state index contributed by atoms with van der Waals surface area (Å²) < 4.78 is 27.4. The SMILES string of the molecule is CCCNc1ncnc(-c2cc(F)ccc2F)c1CCC. The maximum absolute atomic E-state index is 14.0. The largest absolute Gasteiger partial charge is 0.370 e. The van der Waals surface area contributed by atoms with E-state index in [1.807, 2.05) is 6.92 Å². The molecule has 0 fully saturated rings. The molecule has 21 heavy (non-hydrogen) atoms. The summed E-state index contributed by atoms with van der Waals surface area (Å²) in [4.78, 5) is 8.42. The Morgan fingerprint density at radius 2 is 1.90 bits per heavy atom. The lowest BCUT2D eigenvalue weighted by Crippen LogP contribution is -2.08. The monoisotopic (exact) mass is 291 g/mol. The lowest BCUT2D eigenvalue weighted by molar-refractivity contribution is 0.602. The van der Waals surface area contributed by atoms with Gasteiger partial charge >= 0.3 is 0 Å². The molecule has 0 saturated carbocycles. The lowest BCUT2D eigenvalue weighted by atomic mass is 10.0. The normalized spacial score (nSPS) is 10.7. The predicted molar refractivity (Wildman–Crippen MR) is 80.2 cm³/mol. The maximum atomic E-state index is 14.0. The van der Waals surface area contributed by atoms with Crippen LogP contribution in [0, 0.1) is 11.6 Å². The number of nitrogens with zero attached hydrogens (tertiary/aromatic N) is 2. The Bertz CT molecular complexity index is 614. The van der Waals surface area contributed by atoms with Gasteiger partial charge in [-0.3, -0.25) is 0 Å². The topological polar surface area (TPSA) is 37.8 Å². The Hall–Kier alpha value is -2.04. The third-order valence-electron chi connectivity index (χ3n) is 3.17. The van der Waals surface area contributed by atoms with Crippen LogP contribution < -0.4 is 5.32 Å². The van der Waals surface area contributed by atoms with E-state index in [4.69, 9.17) is 0 Å². The van der Waals surface area contributed by atoms with Crippen molar-refractivity contribution in [3.63, 3.8) is 0 Å². The first-order chi connectivity index (χ1) is 10.2. The summed E-state index contributed by atoms with van der Waals surface area (Å²) in [6.45, 7) is 4.86. The number of anilines is 1. The maximum Gasteiger partial charge on any atom is 0.133 e. The number of nitrogens with one attached hydrogen (secondary N) is 1. The van der Waals surface area contributed by atoms with Crippen LogP contribution in [0.1, 0.15) is 32.3 Å². The molecule has 1 aromatic carbocycles. The van der Waals surface area contributed by atoms with Crippen molar-refractivity contribution in [1.82, 2.24) is 9.97 Å². The first kappa shape index (κ1) is 15.4. The molecule has 2 rings (SSSR count). The van der Waals surface area contributed by atoms with Crippen LogP contribution in [0.25, 0.3) is 11.3 Å². The molecule has 0 saturated heterocycles. The van der Waals surface area contributed by atoms with Gasteiger partial charge < -0.3 is 5.32 Å². The van der Waals surface area contributed by atoms with E-state index >= 15 is 0 Å². The molecule has 112 valence electrons. The van der Waals surface area contributed by atoms with E-state index in [9.17, 15) is 8.78 Å². The van der Waals surface area contributed by atoms with Crippen LogP contribution in [0.3, 0.4) is 0 Å². The second-order valence-electron chi connectivity index (χ2n) is 4.85. The number of halogens is 2. The zero-order valence-electron chi connectivity index (χ0n) is 12.3. The number of hydrogen-bond donors (Lipinski definition) is 1. The van der Waals surface area contributed by atoms with Gasteiger partial charge in [-0.05, 0) is 31.0 Å². The van der Waals surface area contributed by atoms with Gasteiger partial charge in [0.2, 0.25) is 0 Å². The summed E-state index contributed by atoms with van der Waals surface area (Å²) in [5.74, 6) is -0.253. The molecule has 5 heteroatoms. The van der Waals surface area contributed by atoms with Crippen LogP contribution in [0.15, 0.2) is 24.5 Å². The highest BCUT2D eigenvalue weighted by atomic mass is 19.1. The number of rotatable bonds is 6. The summed E-state index contributed by atoms with van der Waals surface area (Å²) in [6.07, 6.45) is 3.92. The molecule has 0 unspecified atom stereocenters. The van der Waals surface area contributed by atoms with Gasteiger partial charge in [0.15, 0.2) is 0 Å². The molecule has 0 radical (unpaired) electrons. The first-order valence-electron chi connectivity index (χ1n) is 7.20. The van der Waals surface area contributed by atoms with Gasteiger partial charge in [0, 0.05) is 17.7 Å². The molecule has 3 nitrogen and oxygen atoms in total. The van der Waals surface area contributed by atoms with Gasteiger partial charge in [-0.15, -0.1) is 0 Å². The third kappa shape index (κ3) is 3.54. The van der Waals surface area contributed by atoms with Crippen molar-refractivity contribution >= 4 is 5.82 Å². The molecule has 2 aromatic rings. The van der Waals surface area contributed by atoms with Crippen molar-refractivity contribution in [2.75, 3.05) is 11.9 Å². The molecule has 0 bridgehead atoms. The van der Waals surface area contributed by atoms with Gasteiger partial charge in [-0.25, -0.2) is 18.7 Å². The lowest BCUT2D eigenvalue weighted by Gasteiger charge is -2.14. The predicted octanol–water partition coefficient (Wildman–Crippen LogP) is 4.20. The first-order valence-corrected chi connectivity index (χ1v) is 7.20. The average molecular weight is 291 g/mol. The standard InChI is InChI=1S/C16H19F2N3/c1-3-5-12-15(13-9-11(17)6-7-14(13)18)20-10-21-16(12)19-8-4-2/h6-7,9-10H,3-5,8H2,1-2H3,(H,19,20,21). The van der Waals surface area contributed by atoms with E-state index in [1.165, 1.54) is 12.4 Å². The van der Waals surface area contributed by atoms with Crippen LogP contribution in [0.2, 0.25) is 0 Å². The molecule has 0 amide bonds. The third-order valence-corrected chi connectivity index (χ3v) is 3.17. The van der Waals surface area contributed by atoms with Crippen LogP contribution >= 0.6 is 0 Å². The molecular weight excluding hydrogens is 272 g/mol. The molecule has 0 aliphatic carbocycles. The van der Waals surface area contributed by atoms with Crippen molar-refractivity contribution in [2.45, 2.75) is 33.1 Å². The van der Waals surface area contributed by atoms with E-state index in [2.05, 4.69) is 22.2 Å². The quantitative estimate of drug-likeness (QED) is 0.867. The smallest absolute Gasteiger partial charge is 0.133 e. The minimum absolute atomic E-state index is 0.181. The highest BCUT2D eigenvalue weighted by Crippen LogP contribution is 2.29. The van der Waals surface area contributed by atoms with E-state index in [-0.39, 0.29) is 5.56 Å². The Morgan fingerprint density at radius 1 is 1.10 bits per heavy atom. The van der Waals surface area contributed by atoms with Crippen LogP contribution in [0.5, 0.6) is 0 Å². The van der Waals surface area contributed by atoms with Crippen molar-refractivity contribution in [1.29, 1.82) is 0 Å². The Morgan fingerprint density at radius 3 is 2.62 bits per heavy atom. The summed E-state index contributed by atoms with van der Waals surface area (Å²) in [5.41, 5.74) is 1.47. The van der Waals surface area contributed by atoms with Crippen molar-refractivity contribution in [3.05, 3.63) is 41.7 Å². The van der Waals surface area contributed by atoms with Crippen LogP contribution in [-0.4, -0.2) is 16.5 Å². The highest BCUT2D eigenvalue weighted by Gasteiger charge is 2.16. The minimum Gasteiger partial charge on any atom is -0.370 e. The second-order valence-corrected chi connectivity index (χ2v) is 4.85. The molecule has 1 heterocycles. The zero-order chi connectivity index (χ0) is 15.2. The summed E-state index contributed by atoms with van der Waals surface area (Å²) in [5, 5.41) is 3.22. The van der Waals surface area contributed by atoms with Crippen molar-refractivity contribution in [3.8, 4) is 11.3 Å². The van der Waals surface area contributed by atoms with Gasteiger partial charge in [0.05, 0.1) is 5.69 Å². The summed E-state index contributed by atoms with van der Waals surface area (Å²) in [6, 6.07) is 3.41. The molecule has 0 spiro atoms. The molecule has 1 N–H and O–H groups in total. The Labute approximate surface area is 123 Å². The van der Waals surface area contributed by atoms with Gasteiger partial charge in [-0.1, -0.05) is 20.3 Å². The van der Waals surface area contributed by atoms with Gasteiger partial charge in [-0.2, -0.15) is 0 Å². The fourth-order valence-corrected chi connectivity index (χ4v) is 2.21. The second kappa shape index (κ2) is 7.11.